The van der Waals surface area contributed by atoms with Gasteiger partial charge in [0.2, 0.25) is 5.91 Å². The van der Waals surface area contributed by atoms with Crippen LogP contribution in [-0.4, -0.2) is 46.0 Å². The van der Waals surface area contributed by atoms with Crippen molar-refractivity contribution >= 4 is 28.4 Å². The van der Waals surface area contributed by atoms with Crippen LogP contribution in [0.4, 0.5) is 11.5 Å². The molecule has 0 saturated carbocycles. The first kappa shape index (κ1) is 16.3. The molecule has 0 unspecified atom stereocenters. The minimum atomic E-state index is -0.821. The summed E-state index contributed by atoms with van der Waals surface area (Å²) in [6, 6.07) is 10.1. The Morgan fingerprint density at radius 1 is 1.11 bits per heavy atom. The number of amides is 1. The van der Waals surface area contributed by atoms with E-state index in [1.165, 1.54) is 5.56 Å². The van der Waals surface area contributed by atoms with Gasteiger partial charge in [0.05, 0.1) is 10.9 Å². The number of fused-ring (bicyclic) bond motifs is 2. The van der Waals surface area contributed by atoms with Crippen molar-refractivity contribution in [3.05, 3.63) is 48.4 Å². The Bertz CT molecular complexity index is 1000. The standard InChI is InChI=1S/C20H22N6O/c21-20(19(27)26-10-6-14-3-1-2-4-16(14)26)7-11-25(12-8-20)18-15-5-9-22-17(15)23-13-24-18/h1-5,9,13H,6-8,10-12,21H2,(H,22,23,24). The number of nitrogens with one attached hydrogen (secondary N) is 1. The summed E-state index contributed by atoms with van der Waals surface area (Å²) in [5.41, 5.74) is 8.86. The largest absolute Gasteiger partial charge is 0.356 e. The van der Waals surface area contributed by atoms with Gasteiger partial charge in [-0.15, -0.1) is 0 Å². The molecule has 3 aromatic rings. The highest BCUT2D eigenvalue weighted by Crippen LogP contribution is 2.33. The van der Waals surface area contributed by atoms with Crippen LogP contribution in [-0.2, 0) is 11.2 Å². The summed E-state index contributed by atoms with van der Waals surface area (Å²) in [5, 5.41) is 1.00. The Hall–Kier alpha value is -2.93. The molecule has 0 spiro atoms. The van der Waals surface area contributed by atoms with Crippen molar-refractivity contribution in [3.63, 3.8) is 0 Å². The molecule has 0 atom stereocenters. The van der Waals surface area contributed by atoms with Gasteiger partial charge in [-0.2, -0.15) is 0 Å². The second kappa shape index (κ2) is 6.06. The monoisotopic (exact) mass is 362 g/mol. The van der Waals surface area contributed by atoms with Crippen LogP contribution in [0.1, 0.15) is 18.4 Å². The molecule has 4 heterocycles. The fourth-order valence-electron chi connectivity index (χ4n) is 4.26. The molecule has 5 rings (SSSR count). The second-order valence-corrected chi connectivity index (χ2v) is 7.42. The number of aromatic amines is 1. The highest BCUT2D eigenvalue weighted by atomic mass is 16.2. The molecule has 1 amide bonds. The van der Waals surface area contributed by atoms with Gasteiger partial charge in [0.15, 0.2) is 0 Å². The number of rotatable bonds is 2. The molecule has 1 fully saturated rings. The van der Waals surface area contributed by atoms with E-state index in [4.69, 9.17) is 5.73 Å². The molecular formula is C20H22N6O. The van der Waals surface area contributed by atoms with Gasteiger partial charge in [-0.3, -0.25) is 4.79 Å². The Balaban J connectivity index is 1.35. The maximum atomic E-state index is 13.3. The van der Waals surface area contributed by atoms with Gasteiger partial charge >= 0.3 is 0 Å². The lowest BCUT2D eigenvalue weighted by atomic mass is 9.87. The molecule has 0 bridgehead atoms. The quantitative estimate of drug-likeness (QED) is 0.726. The van der Waals surface area contributed by atoms with Crippen LogP contribution in [0, 0.1) is 0 Å². The minimum absolute atomic E-state index is 0.0431. The highest BCUT2D eigenvalue weighted by molar-refractivity contribution is 6.02. The van der Waals surface area contributed by atoms with E-state index in [9.17, 15) is 4.79 Å². The Morgan fingerprint density at radius 2 is 1.93 bits per heavy atom. The molecule has 138 valence electrons. The molecule has 2 aliphatic heterocycles. The molecule has 27 heavy (non-hydrogen) atoms. The van der Waals surface area contributed by atoms with Gasteiger partial charge < -0.3 is 20.5 Å². The summed E-state index contributed by atoms with van der Waals surface area (Å²) < 4.78 is 0. The van der Waals surface area contributed by atoms with Crippen LogP contribution in [0.3, 0.4) is 0 Å². The molecule has 2 aromatic heterocycles. The van der Waals surface area contributed by atoms with Crippen LogP contribution in [0.2, 0.25) is 0 Å². The molecule has 7 nitrogen and oxygen atoms in total. The topological polar surface area (TPSA) is 91.1 Å². The maximum Gasteiger partial charge on any atom is 0.247 e. The Kier molecular flexibility index (Phi) is 3.65. The average Bonchev–Trinajstić information content (AvgIpc) is 3.35. The number of piperidine rings is 1. The number of hydrogen-bond acceptors (Lipinski definition) is 5. The third kappa shape index (κ3) is 2.57. The maximum absolute atomic E-state index is 13.3. The van der Waals surface area contributed by atoms with Crippen molar-refractivity contribution in [2.24, 2.45) is 5.73 Å². The van der Waals surface area contributed by atoms with E-state index >= 15 is 0 Å². The van der Waals surface area contributed by atoms with E-state index in [-0.39, 0.29) is 5.91 Å². The summed E-state index contributed by atoms with van der Waals surface area (Å²) in [6.07, 6.45) is 5.57. The number of H-pyrrole nitrogens is 1. The predicted molar refractivity (Wildman–Crippen MR) is 105 cm³/mol. The SMILES string of the molecule is NC1(C(=O)N2CCc3ccccc32)CCN(c2ncnc3[nH]ccc23)CC1. The molecule has 1 saturated heterocycles. The van der Waals surface area contributed by atoms with E-state index in [1.807, 2.05) is 35.4 Å². The van der Waals surface area contributed by atoms with Crippen molar-refractivity contribution in [3.8, 4) is 0 Å². The number of nitrogens with two attached hydrogens (primary N) is 1. The number of carbonyl (C=O) groups excluding carboxylic acids is 1. The second-order valence-electron chi connectivity index (χ2n) is 7.42. The first-order chi connectivity index (χ1) is 13.2. The summed E-state index contributed by atoms with van der Waals surface area (Å²) in [5.74, 6) is 0.948. The molecular weight excluding hydrogens is 340 g/mol. The van der Waals surface area contributed by atoms with Crippen molar-refractivity contribution < 1.29 is 4.79 Å². The van der Waals surface area contributed by atoms with Crippen LogP contribution in [0.25, 0.3) is 11.0 Å². The first-order valence-electron chi connectivity index (χ1n) is 9.37. The van der Waals surface area contributed by atoms with Gasteiger partial charge in [-0.1, -0.05) is 18.2 Å². The number of carbonyl (C=O) groups is 1. The van der Waals surface area contributed by atoms with Gasteiger partial charge in [-0.25, -0.2) is 9.97 Å². The van der Waals surface area contributed by atoms with Gasteiger partial charge in [-0.05, 0) is 37.0 Å². The van der Waals surface area contributed by atoms with E-state index in [0.29, 0.717) is 25.9 Å². The third-order valence-corrected chi connectivity index (χ3v) is 5.85. The number of benzene rings is 1. The molecule has 3 N–H and O–H groups in total. The molecule has 2 aliphatic rings. The molecule has 1 aromatic carbocycles. The number of hydrogen-bond donors (Lipinski definition) is 2. The third-order valence-electron chi connectivity index (χ3n) is 5.85. The fourth-order valence-corrected chi connectivity index (χ4v) is 4.26. The number of nitrogens with zero attached hydrogens (tertiary/aromatic N) is 4. The summed E-state index contributed by atoms with van der Waals surface area (Å²) >= 11 is 0. The molecule has 7 heteroatoms. The van der Waals surface area contributed by atoms with Crippen LogP contribution in [0.15, 0.2) is 42.9 Å². The lowest BCUT2D eigenvalue weighted by Gasteiger charge is -2.40. The van der Waals surface area contributed by atoms with E-state index in [0.717, 1.165) is 35.5 Å². The fraction of sp³-hybridized carbons (Fsp3) is 0.350. The Labute approximate surface area is 157 Å². The summed E-state index contributed by atoms with van der Waals surface area (Å²) in [4.78, 5) is 29.2. The lowest BCUT2D eigenvalue weighted by Crippen LogP contribution is -2.60. The van der Waals surface area contributed by atoms with Crippen molar-refractivity contribution in [1.29, 1.82) is 0 Å². The van der Waals surface area contributed by atoms with Crippen molar-refractivity contribution in [2.75, 3.05) is 29.4 Å². The van der Waals surface area contributed by atoms with E-state index in [2.05, 4.69) is 25.9 Å². The van der Waals surface area contributed by atoms with E-state index < -0.39 is 5.54 Å². The zero-order valence-corrected chi connectivity index (χ0v) is 15.1. The van der Waals surface area contributed by atoms with Crippen LogP contribution in [0.5, 0.6) is 0 Å². The smallest absolute Gasteiger partial charge is 0.247 e. The Morgan fingerprint density at radius 3 is 2.78 bits per heavy atom. The first-order valence-corrected chi connectivity index (χ1v) is 9.37. The van der Waals surface area contributed by atoms with Gasteiger partial charge in [0, 0.05) is 31.5 Å². The van der Waals surface area contributed by atoms with Gasteiger partial charge in [0.25, 0.3) is 0 Å². The highest BCUT2D eigenvalue weighted by Gasteiger charge is 2.42. The van der Waals surface area contributed by atoms with Crippen LogP contribution >= 0.6 is 0 Å². The summed E-state index contributed by atoms with van der Waals surface area (Å²) in [6.45, 7) is 2.13. The zero-order chi connectivity index (χ0) is 18.4. The summed E-state index contributed by atoms with van der Waals surface area (Å²) in [7, 11) is 0. The zero-order valence-electron chi connectivity index (χ0n) is 15.1. The lowest BCUT2D eigenvalue weighted by molar-refractivity contribution is -0.124. The molecule has 0 radical (unpaired) electrons. The van der Waals surface area contributed by atoms with Gasteiger partial charge in [0.1, 0.15) is 17.8 Å². The number of anilines is 2. The predicted octanol–water partition coefficient (Wildman–Crippen LogP) is 1.84. The minimum Gasteiger partial charge on any atom is -0.356 e. The van der Waals surface area contributed by atoms with Crippen molar-refractivity contribution in [1.82, 2.24) is 15.0 Å². The molecule has 0 aliphatic carbocycles. The number of para-hydroxylation sites is 1. The normalized spacial score (nSPS) is 18.7. The van der Waals surface area contributed by atoms with E-state index in [1.54, 1.807) is 6.33 Å². The number of aromatic nitrogens is 3. The average molecular weight is 362 g/mol. The van der Waals surface area contributed by atoms with Crippen LogP contribution < -0.4 is 15.5 Å². The van der Waals surface area contributed by atoms with Crippen molar-refractivity contribution in [2.45, 2.75) is 24.8 Å².